The van der Waals surface area contributed by atoms with Gasteiger partial charge >= 0.3 is 0 Å². The number of halogens is 1. The summed E-state index contributed by atoms with van der Waals surface area (Å²) in [6, 6.07) is 4.81. The third-order valence-electron chi connectivity index (χ3n) is 0.844. The van der Waals surface area contributed by atoms with Crippen LogP contribution in [0, 0.1) is 12.7 Å². The van der Waals surface area contributed by atoms with Crippen molar-refractivity contribution in [2.45, 2.75) is 6.85 Å². The minimum atomic E-state index is -2.13. The average molecular weight is 113 g/mol. The van der Waals surface area contributed by atoms with E-state index < -0.39 is 12.7 Å². The molecule has 0 amide bonds. The molecule has 0 aliphatic carbocycles. The van der Waals surface area contributed by atoms with Crippen molar-refractivity contribution >= 4 is 0 Å². The molecule has 0 spiro atoms. The molecule has 0 aromatic heterocycles. The van der Waals surface area contributed by atoms with Gasteiger partial charge in [0, 0.05) is 4.11 Å². The molecule has 0 radical (unpaired) electrons. The Labute approximate surface area is 52.2 Å². The SMILES string of the molecule is [2H]C([2H])([2H])c1ccc(F)cc1. The van der Waals surface area contributed by atoms with Gasteiger partial charge in [-0.05, 0) is 19.0 Å². The molecule has 1 rings (SSSR count). The van der Waals surface area contributed by atoms with Gasteiger partial charge in [-0.2, -0.15) is 0 Å². The van der Waals surface area contributed by atoms with Gasteiger partial charge < -0.3 is 0 Å². The van der Waals surface area contributed by atoms with Gasteiger partial charge in [0.05, 0.1) is 0 Å². The molecule has 0 heterocycles. The molecule has 1 aromatic carbocycles. The van der Waals surface area contributed by atoms with Crippen LogP contribution in [0.4, 0.5) is 4.39 Å². The highest BCUT2D eigenvalue weighted by Gasteiger charge is 1.83. The summed E-state index contributed by atoms with van der Waals surface area (Å²) in [5, 5.41) is 0. The molecule has 0 nitrogen and oxygen atoms in total. The van der Waals surface area contributed by atoms with Gasteiger partial charge in [0.2, 0.25) is 0 Å². The monoisotopic (exact) mass is 113 g/mol. The van der Waals surface area contributed by atoms with Crippen molar-refractivity contribution in [2.24, 2.45) is 0 Å². The molecule has 0 fully saturated rings. The molecule has 42 valence electrons. The Morgan fingerprint density at radius 1 is 1.38 bits per heavy atom. The second kappa shape index (κ2) is 1.95. The molecule has 0 unspecified atom stereocenters. The van der Waals surface area contributed by atoms with Gasteiger partial charge in [0.25, 0.3) is 0 Å². The van der Waals surface area contributed by atoms with Crippen LogP contribution in [0.2, 0.25) is 0 Å². The minimum Gasteiger partial charge on any atom is -0.207 e. The van der Waals surface area contributed by atoms with Gasteiger partial charge in [0.1, 0.15) is 5.82 Å². The number of rotatable bonds is 0. The number of hydrogen-bond acceptors (Lipinski definition) is 0. The molecule has 0 atom stereocenters. The van der Waals surface area contributed by atoms with E-state index in [4.69, 9.17) is 4.11 Å². The highest BCUT2D eigenvalue weighted by atomic mass is 19.1. The van der Waals surface area contributed by atoms with Crippen LogP contribution < -0.4 is 0 Å². The topological polar surface area (TPSA) is 0 Å². The fraction of sp³-hybridized carbons (Fsp3) is 0.143. The van der Waals surface area contributed by atoms with E-state index in [9.17, 15) is 4.39 Å². The molecular formula is C7H7F. The molecule has 0 bridgehead atoms. The van der Waals surface area contributed by atoms with Crippen molar-refractivity contribution in [2.75, 3.05) is 0 Å². The fourth-order valence-corrected chi connectivity index (χ4v) is 0.450. The van der Waals surface area contributed by atoms with Crippen LogP contribution in [0.25, 0.3) is 0 Å². The van der Waals surface area contributed by atoms with E-state index >= 15 is 0 Å². The fourth-order valence-electron chi connectivity index (χ4n) is 0.450. The molecule has 0 saturated carbocycles. The minimum absolute atomic E-state index is 0.166. The largest absolute Gasteiger partial charge is 0.207 e. The van der Waals surface area contributed by atoms with Crippen LogP contribution >= 0.6 is 0 Å². The van der Waals surface area contributed by atoms with E-state index in [-0.39, 0.29) is 5.56 Å². The Balaban J connectivity index is 2.99. The van der Waals surface area contributed by atoms with E-state index in [0.717, 1.165) is 12.1 Å². The first-order valence-corrected chi connectivity index (χ1v) is 2.26. The van der Waals surface area contributed by atoms with Gasteiger partial charge in [-0.1, -0.05) is 17.7 Å². The van der Waals surface area contributed by atoms with E-state index in [1.54, 1.807) is 0 Å². The van der Waals surface area contributed by atoms with Crippen molar-refractivity contribution in [3.8, 4) is 0 Å². The Kier molecular flexibility index (Phi) is 0.639. The van der Waals surface area contributed by atoms with E-state index in [2.05, 4.69) is 0 Å². The average Bonchev–Trinajstić information content (AvgIpc) is 1.86. The normalized spacial score (nSPS) is 16.4. The highest BCUT2D eigenvalue weighted by Crippen LogP contribution is 1.98. The zero-order chi connectivity index (χ0) is 8.48. The maximum atomic E-state index is 12.3. The molecule has 0 aliphatic heterocycles. The van der Waals surface area contributed by atoms with E-state index in [1.807, 2.05) is 0 Å². The maximum absolute atomic E-state index is 12.3. The van der Waals surface area contributed by atoms with Gasteiger partial charge in [-0.15, -0.1) is 0 Å². The quantitative estimate of drug-likeness (QED) is 0.483. The Morgan fingerprint density at radius 2 is 2.00 bits per heavy atom. The summed E-state index contributed by atoms with van der Waals surface area (Å²) in [5.74, 6) is -0.419. The van der Waals surface area contributed by atoms with Crippen LogP contribution in [-0.2, 0) is 0 Å². The van der Waals surface area contributed by atoms with Crippen LogP contribution in [0.5, 0.6) is 0 Å². The lowest BCUT2D eigenvalue weighted by molar-refractivity contribution is 0.627. The first kappa shape index (κ1) is 2.62. The number of aryl methyl sites for hydroxylation is 1. The van der Waals surface area contributed by atoms with Gasteiger partial charge in [-0.3, -0.25) is 0 Å². The summed E-state index contributed by atoms with van der Waals surface area (Å²) < 4.78 is 33.2. The number of benzene rings is 1. The Morgan fingerprint density at radius 3 is 2.50 bits per heavy atom. The Bertz CT molecular complexity index is 237. The first-order valence-electron chi connectivity index (χ1n) is 3.76. The highest BCUT2D eigenvalue weighted by molar-refractivity contribution is 5.13. The van der Waals surface area contributed by atoms with Crippen LogP contribution in [0.15, 0.2) is 24.3 Å². The van der Waals surface area contributed by atoms with Crippen molar-refractivity contribution in [1.29, 1.82) is 0 Å². The van der Waals surface area contributed by atoms with Gasteiger partial charge in [-0.25, -0.2) is 4.39 Å². The zero-order valence-corrected chi connectivity index (χ0v) is 4.19. The van der Waals surface area contributed by atoms with Crippen molar-refractivity contribution < 1.29 is 8.50 Å². The lowest BCUT2D eigenvalue weighted by Gasteiger charge is -1.87. The summed E-state index contributed by atoms with van der Waals surface area (Å²) in [7, 11) is 0. The van der Waals surface area contributed by atoms with Crippen LogP contribution in [0.1, 0.15) is 9.68 Å². The second-order valence-corrected chi connectivity index (χ2v) is 1.51. The third-order valence-corrected chi connectivity index (χ3v) is 0.844. The van der Waals surface area contributed by atoms with E-state index in [1.165, 1.54) is 12.1 Å². The third kappa shape index (κ3) is 1.06. The standard InChI is InChI=1S/C7H7F/c1-6-2-4-7(8)5-3-6/h2-5H,1H3/i1D3. The lowest BCUT2D eigenvalue weighted by Crippen LogP contribution is -1.71. The molecule has 0 N–H and O–H groups in total. The van der Waals surface area contributed by atoms with Crippen LogP contribution in [-0.4, -0.2) is 0 Å². The van der Waals surface area contributed by atoms with Gasteiger partial charge in [0.15, 0.2) is 0 Å². The predicted octanol–water partition coefficient (Wildman–Crippen LogP) is 2.13. The Hall–Kier alpha value is -0.850. The predicted molar refractivity (Wildman–Crippen MR) is 31.1 cm³/mol. The molecule has 1 aromatic rings. The molecular weight excluding hydrogens is 103 g/mol. The van der Waals surface area contributed by atoms with Crippen molar-refractivity contribution in [3.63, 3.8) is 0 Å². The van der Waals surface area contributed by atoms with Crippen molar-refractivity contribution in [1.82, 2.24) is 0 Å². The second-order valence-electron chi connectivity index (χ2n) is 1.51. The molecule has 0 saturated heterocycles. The summed E-state index contributed by atoms with van der Waals surface area (Å²) in [4.78, 5) is 0. The summed E-state index contributed by atoms with van der Waals surface area (Å²) >= 11 is 0. The van der Waals surface area contributed by atoms with Crippen LogP contribution in [0.3, 0.4) is 0 Å². The molecule has 0 aliphatic rings. The smallest absolute Gasteiger partial charge is 0.123 e. The summed E-state index contributed by atoms with van der Waals surface area (Å²) in [6.07, 6.45) is 0. The number of hydrogen-bond donors (Lipinski definition) is 0. The molecule has 1 heteroatoms. The molecule has 8 heavy (non-hydrogen) atoms. The zero-order valence-electron chi connectivity index (χ0n) is 7.19. The maximum Gasteiger partial charge on any atom is 0.123 e. The van der Waals surface area contributed by atoms with E-state index in [0.29, 0.717) is 0 Å². The van der Waals surface area contributed by atoms with Crippen molar-refractivity contribution in [3.05, 3.63) is 35.6 Å². The summed E-state index contributed by atoms with van der Waals surface area (Å²) in [5.41, 5.74) is 0.166. The first-order chi connectivity index (χ1) is 5.00. The lowest BCUT2D eigenvalue weighted by atomic mass is 10.2. The summed E-state index contributed by atoms with van der Waals surface area (Å²) in [6.45, 7) is -2.13.